The Morgan fingerprint density at radius 1 is 1.20 bits per heavy atom. The van der Waals surface area contributed by atoms with Gasteiger partial charge in [-0.15, -0.1) is 0 Å². The van der Waals surface area contributed by atoms with E-state index < -0.39 is 9.84 Å². The van der Waals surface area contributed by atoms with E-state index in [4.69, 9.17) is 4.74 Å². The number of para-hydroxylation sites is 1. The van der Waals surface area contributed by atoms with Crippen LogP contribution in [0.4, 0.5) is 0 Å². The summed E-state index contributed by atoms with van der Waals surface area (Å²) in [6.07, 6.45) is 4.37. The molecule has 0 aliphatic carbocycles. The van der Waals surface area contributed by atoms with Crippen molar-refractivity contribution >= 4 is 9.84 Å². The van der Waals surface area contributed by atoms with E-state index in [9.17, 15) is 8.42 Å². The number of benzene rings is 1. The predicted molar refractivity (Wildman–Crippen MR) is 76.4 cm³/mol. The van der Waals surface area contributed by atoms with Gasteiger partial charge in [-0.25, -0.2) is 13.4 Å². The molecule has 0 saturated heterocycles. The molecule has 0 fully saturated rings. The van der Waals surface area contributed by atoms with Crippen LogP contribution >= 0.6 is 0 Å². The summed E-state index contributed by atoms with van der Waals surface area (Å²) >= 11 is 0. The molecule has 0 amide bonds. The topological polar surface area (TPSA) is 61.2 Å². The minimum atomic E-state index is -3.30. The van der Waals surface area contributed by atoms with Gasteiger partial charge < -0.3 is 9.30 Å². The lowest BCUT2D eigenvalue weighted by Gasteiger charge is -2.06. The van der Waals surface area contributed by atoms with Gasteiger partial charge in [-0.2, -0.15) is 0 Å². The number of rotatable bonds is 7. The Bertz CT molecular complexity index is 635. The normalized spacial score (nSPS) is 11.4. The fraction of sp³-hybridized carbons (Fsp3) is 0.357. The van der Waals surface area contributed by atoms with Crippen molar-refractivity contribution in [2.75, 3.05) is 12.4 Å². The third-order valence-corrected chi connectivity index (χ3v) is 4.65. The van der Waals surface area contributed by atoms with Crippen LogP contribution in [0.1, 0.15) is 12.8 Å². The van der Waals surface area contributed by atoms with Crippen molar-refractivity contribution in [3.05, 3.63) is 42.7 Å². The van der Waals surface area contributed by atoms with Crippen LogP contribution in [0.3, 0.4) is 0 Å². The van der Waals surface area contributed by atoms with Crippen LogP contribution in [-0.4, -0.2) is 30.3 Å². The number of imidazole rings is 1. The number of aromatic nitrogens is 2. The Morgan fingerprint density at radius 3 is 2.60 bits per heavy atom. The van der Waals surface area contributed by atoms with E-state index in [0.717, 1.165) is 5.75 Å². The van der Waals surface area contributed by atoms with Gasteiger partial charge in [-0.05, 0) is 25.0 Å². The monoisotopic (exact) mass is 294 g/mol. The van der Waals surface area contributed by atoms with Gasteiger partial charge in [0.2, 0.25) is 15.0 Å². The summed E-state index contributed by atoms with van der Waals surface area (Å²) in [4.78, 5) is 3.88. The smallest absolute Gasteiger partial charge is 0.227 e. The molecular weight excluding hydrogens is 276 g/mol. The van der Waals surface area contributed by atoms with Gasteiger partial charge >= 0.3 is 0 Å². The lowest BCUT2D eigenvalue weighted by molar-refractivity contribution is 0.309. The first kappa shape index (κ1) is 14.6. The van der Waals surface area contributed by atoms with Crippen LogP contribution in [0.2, 0.25) is 0 Å². The lowest BCUT2D eigenvalue weighted by Crippen LogP contribution is -2.13. The minimum absolute atomic E-state index is 0.0933. The Labute approximate surface area is 119 Å². The van der Waals surface area contributed by atoms with E-state index in [0.29, 0.717) is 19.4 Å². The predicted octanol–water partition coefficient (Wildman–Crippen LogP) is 2.05. The molecule has 0 saturated carbocycles. The summed E-state index contributed by atoms with van der Waals surface area (Å²) in [5, 5.41) is 0.126. The second-order valence-corrected chi connectivity index (χ2v) is 6.51. The van der Waals surface area contributed by atoms with Crippen molar-refractivity contribution in [1.29, 1.82) is 0 Å². The van der Waals surface area contributed by atoms with Gasteiger partial charge in [0.05, 0.1) is 12.4 Å². The van der Waals surface area contributed by atoms with E-state index in [2.05, 4.69) is 4.98 Å². The number of ether oxygens (including phenoxy) is 1. The summed E-state index contributed by atoms with van der Waals surface area (Å²) in [6, 6.07) is 9.49. The first-order valence-electron chi connectivity index (χ1n) is 6.47. The van der Waals surface area contributed by atoms with Gasteiger partial charge in [0, 0.05) is 19.4 Å². The van der Waals surface area contributed by atoms with Crippen LogP contribution in [0, 0.1) is 0 Å². The van der Waals surface area contributed by atoms with Crippen molar-refractivity contribution in [1.82, 2.24) is 9.55 Å². The van der Waals surface area contributed by atoms with Crippen molar-refractivity contribution in [2.45, 2.75) is 18.0 Å². The summed E-state index contributed by atoms with van der Waals surface area (Å²) in [7, 11) is -1.62. The highest BCUT2D eigenvalue weighted by atomic mass is 32.2. The summed E-state index contributed by atoms with van der Waals surface area (Å²) in [5.41, 5.74) is 0. The van der Waals surface area contributed by atoms with Crippen LogP contribution in [0.5, 0.6) is 5.75 Å². The zero-order valence-corrected chi connectivity index (χ0v) is 12.2. The number of nitrogens with zero attached hydrogens (tertiary/aromatic N) is 2. The highest BCUT2D eigenvalue weighted by Crippen LogP contribution is 2.11. The number of hydrogen-bond acceptors (Lipinski definition) is 4. The number of hydrogen-bond donors (Lipinski definition) is 0. The van der Waals surface area contributed by atoms with Crippen molar-refractivity contribution < 1.29 is 13.2 Å². The van der Waals surface area contributed by atoms with Crippen molar-refractivity contribution in [3.63, 3.8) is 0 Å². The number of unbranched alkanes of at least 4 members (excludes halogenated alkanes) is 1. The molecule has 0 radical (unpaired) electrons. The first-order valence-corrected chi connectivity index (χ1v) is 8.13. The molecule has 108 valence electrons. The van der Waals surface area contributed by atoms with Crippen LogP contribution < -0.4 is 4.74 Å². The molecule has 2 aromatic rings. The lowest BCUT2D eigenvalue weighted by atomic mass is 10.3. The average Bonchev–Trinajstić information content (AvgIpc) is 2.86. The molecular formula is C14H18N2O3S. The fourth-order valence-electron chi connectivity index (χ4n) is 1.84. The van der Waals surface area contributed by atoms with Gasteiger partial charge in [-0.1, -0.05) is 18.2 Å². The number of aryl methyl sites for hydroxylation is 1. The van der Waals surface area contributed by atoms with Crippen LogP contribution in [-0.2, 0) is 16.9 Å². The van der Waals surface area contributed by atoms with E-state index in [1.807, 2.05) is 30.3 Å². The zero-order valence-electron chi connectivity index (χ0n) is 11.4. The third-order valence-electron chi connectivity index (χ3n) is 2.87. The number of sulfone groups is 1. The fourth-order valence-corrected chi connectivity index (χ4v) is 3.33. The highest BCUT2D eigenvalue weighted by molar-refractivity contribution is 7.91. The van der Waals surface area contributed by atoms with Gasteiger partial charge in [0.25, 0.3) is 0 Å². The molecule has 1 aromatic carbocycles. The maximum Gasteiger partial charge on any atom is 0.227 e. The molecule has 1 heterocycles. The zero-order chi connectivity index (χ0) is 14.4. The molecule has 0 N–H and O–H groups in total. The second kappa shape index (κ2) is 6.56. The Morgan fingerprint density at radius 2 is 1.95 bits per heavy atom. The average molecular weight is 294 g/mol. The van der Waals surface area contributed by atoms with Gasteiger partial charge in [-0.3, -0.25) is 0 Å². The Hall–Kier alpha value is -1.82. The van der Waals surface area contributed by atoms with E-state index in [-0.39, 0.29) is 10.9 Å². The van der Waals surface area contributed by atoms with E-state index >= 15 is 0 Å². The molecule has 5 nitrogen and oxygen atoms in total. The largest absolute Gasteiger partial charge is 0.494 e. The first-order chi connectivity index (χ1) is 9.59. The molecule has 6 heteroatoms. The molecule has 0 bridgehead atoms. The van der Waals surface area contributed by atoms with Crippen LogP contribution in [0.15, 0.2) is 47.9 Å². The maximum absolute atomic E-state index is 12.0. The van der Waals surface area contributed by atoms with E-state index in [1.165, 1.54) is 10.8 Å². The van der Waals surface area contributed by atoms with Gasteiger partial charge in [0.1, 0.15) is 5.75 Å². The quantitative estimate of drug-likeness (QED) is 0.733. The van der Waals surface area contributed by atoms with Crippen LogP contribution in [0.25, 0.3) is 0 Å². The minimum Gasteiger partial charge on any atom is -0.494 e. The standard InChI is InChI=1S/C14H18N2O3S/c1-16-10-9-15-14(16)20(17,18)12-6-5-11-19-13-7-3-2-4-8-13/h2-4,7-10H,5-6,11-12H2,1H3. The Balaban J connectivity index is 1.75. The summed E-state index contributed by atoms with van der Waals surface area (Å²) in [6.45, 7) is 0.514. The molecule has 0 aliphatic heterocycles. The summed E-state index contributed by atoms with van der Waals surface area (Å²) < 4.78 is 31.1. The summed E-state index contributed by atoms with van der Waals surface area (Å²) in [5.74, 6) is 0.898. The molecule has 0 spiro atoms. The maximum atomic E-state index is 12.0. The molecule has 0 unspecified atom stereocenters. The SMILES string of the molecule is Cn1ccnc1S(=O)(=O)CCCCOc1ccccc1. The molecule has 2 rings (SSSR count). The third kappa shape index (κ3) is 3.84. The Kier molecular flexibility index (Phi) is 4.79. The second-order valence-electron chi connectivity index (χ2n) is 4.51. The van der Waals surface area contributed by atoms with E-state index in [1.54, 1.807) is 13.2 Å². The highest BCUT2D eigenvalue weighted by Gasteiger charge is 2.18. The van der Waals surface area contributed by atoms with Crippen molar-refractivity contribution in [2.24, 2.45) is 7.05 Å². The van der Waals surface area contributed by atoms with Gasteiger partial charge in [0.15, 0.2) is 0 Å². The molecule has 0 aliphatic rings. The molecule has 1 aromatic heterocycles. The molecule has 20 heavy (non-hydrogen) atoms. The molecule has 0 atom stereocenters. The van der Waals surface area contributed by atoms with Crippen molar-refractivity contribution in [3.8, 4) is 5.75 Å².